The summed E-state index contributed by atoms with van der Waals surface area (Å²) in [5.74, 6) is -0.518. The van der Waals surface area contributed by atoms with Crippen molar-refractivity contribution >= 4 is 17.2 Å². The molecular formula is C8H4F3N3O3. The molecule has 17 heavy (non-hydrogen) atoms. The zero-order chi connectivity index (χ0) is 12.6. The van der Waals surface area contributed by atoms with Crippen LogP contribution in [-0.2, 0) is 6.18 Å². The molecule has 9 heteroatoms. The molecule has 0 saturated carbocycles. The summed E-state index contributed by atoms with van der Waals surface area (Å²) in [4.78, 5) is 10.3. The molecule has 6 nitrogen and oxygen atoms in total. The molecule has 1 aromatic heterocycles. The Morgan fingerprint density at radius 2 is 2.06 bits per heavy atom. The molecule has 0 amide bonds. The maximum atomic E-state index is 12.5. The van der Waals surface area contributed by atoms with E-state index in [1.54, 1.807) is 0 Å². The van der Waals surface area contributed by atoms with E-state index in [0.717, 1.165) is 6.07 Å². The molecule has 0 aliphatic carbocycles. The lowest BCUT2D eigenvalue weighted by Gasteiger charge is -2.08. The first-order chi connectivity index (χ1) is 7.88. The summed E-state index contributed by atoms with van der Waals surface area (Å²) in [5, 5.41) is 17.4. The van der Waals surface area contributed by atoms with Crippen molar-refractivity contribution in [2.75, 3.05) is 0 Å². The predicted octanol–water partition coefficient (Wildman–Crippen LogP) is 2.03. The monoisotopic (exact) mass is 247 g/mol. The van der Waals surface area contributed by atoms with Gasteiger partial charge in [-0.2, -0.15) is 28.6 Å². The van der Waals surface area contributed by atoms with Gasteiger partial charge in [0.15, 0.2) is 11.3 Å². The molecule has 2 aromatic rings. The van der Waals surface area contributed by atoms with Crippen molar-refractivity contribution in [2.45, 2.75) is 6.18 Å². The summed E-state index contributed by atoms with van der Waals surface area (Å²) < 4.78 is 41.7. The second-order valence-electron chi connectivity index (χ2n) is 3.03. The maximum absolute atomic E-state index is 12.5. The van der Waals surface area contributed by atoms with Crippen molar-refractivity contribution in [3.05, 3.63) is 17.7 Å². The van der Waals surface area contributed by atoms with Gasteiger partial charge in [-0.1, -0.05) is 0 Å². The van der Waals surface area contributed by atoms with Crippen molar-refractivity contribution < 1.29 is 27.8 Å². The minimum Gasteiger partial charge on any atom is -0.449 e. The Bertz CT molecular complexity index is 578. The number of hydrogen-bond donors (Lipinski definition) is 2. The highest BCUT2D eigenvalue weighted by Gasteiger charge is 2.32. The van der Waals surface area contributed by atoms with E-state index >= 15 is 0 Å². The average Bonchev–Trinajstić information content (AvgIpc) is 2.62. The van der Waals surface area contributed by atoms with Gasteiger partial charge in [0.1, 0.15) is 5.52 Å². The van der Waals surface area contributed by atoms with E-state index in [0.29, 0.717) is 6.07 Å². The Hall–Kier alpha value is -2.32. The lowest BCUT2D eigenvalue weighted by molar-refractivity contribution is -0.137. The number of carboxylic acid groups (broad SMARTS) is 1. The number of aromatic amines is 1. The second-order valence-corrected chi connectivity index (χ2v) is 3.03. The molecule has 0 spiro atoms. The van der Waals surface area contributed by atoms with Crippen molar-refractivity contribution in [1.82, 2.24) is 15.4 Å². The van der Waals surface area contributed by atoms with Crippen molar-refractivity contribution in [3.8, 4) is 5.75 Å². The van der Waals surface area contributed by atoms with Crippen molar-refractivity contribution in [3.63, 3.8) is 0 Å². The summed E-state index contributed by atoms with van der Waals surface area (Å²) in [6.07, 6.45) is -6.35. The van der Waals surface area contributed by atoms with Gasteiger partial charge in [-0.3, -0.25) is 0 Å². The van der Waals surface area contributed by atoms with Gasteiger partial charge in [0, 0.05) is 0 Å². The minimum atomic E-state index is -4.62. The number of aromatic nitrogens is 3. The standard InChI is InChI=1S/C8H4F3N3O3/c9-8(10,11)3-1-4-6(13-14-12-4)5(2-3)17-7(15)16/h1-2H,(H,15,16)(H,12,13,14). The van der Waals surface area contributed by atoms with Gasteiger partial charge >= 0.3 is 12.3 Å². The second kappa shape index (κ2) is 3.61. The van der Waals surface area contributed by atoms with E-state index in [4.69, 9.17) is 5.11 Å². The van der Waals surface area contributed by atoms with Crippen LogP contribution in [0.5, 0.6) is 5.75 Å². The van der Waals surface area contributed by atoms with E-state index in [2.05, 4.69) is 20.1 Å². The quantitative estimate of drug-likeness (QED) is 0.594. The van der Waals surface area contributed by atoms with Crippen LogP contribution in [0.25, 0.3) is 11.0 Å². The van der Waals surface area contributed by atoms with Gasteiger partial charge in [-0.25, -0.2) is 4.79 Å². The fraction of sp³-hybridized carbons (Fsp3) is 0.125. The van der Waals surface area contributed by atoms with Crippen LogP contribution in [0, 0.1) is 0 Å². The van der Waals surface area contributed by atoms with Gasteiger partial charge in [0.25, 0.3) is 0 Å². The Balaban J connectivity index is 2.62. The Kier molecular flexibility index (Phi) is 2.37. The molecule has 1 heterocycles. The SMILES string of the molecule is O=C(O)Oc1cc(C(F)(F)F)cc2n[nH]nc12. The lowest BCUT2D eigenvalue weighted by Crippen LogP contribution is -2.08. The topological polar surface area (TPSA) is 88.1 Å². The van der Waals surface area contributed by atoms with E-state index in [9.17, 15) is 18.0 Å². The summed E-state index contributed by atoms with van der Waals surface area (Å²) in [5.41, 5.74) is -1.27. The van der Waals surface area contributed by atoms with Crippen molar-refractivity contribution in [2.24, 2.45) is 0 Å². The fourth-order valence-electron chi connectivity index (χ4n) is 1.26. The van der Waals surface area contributed by atoms with Crippen molar-refractivity contribution in [1.29, 1.82) is 0 Å². The van der Waals surface area contributed by atoms with Crippen LogP contribution in [0.4, 0.5) is 18.0 Å². The van der Waals surface area contributed by atoms with Gasteiger partial charge < -0.3 is 9.84 Å². The third kappa shape index (κ3) is 2.12. The average molecular weight is 247 g/mol. The molecule has 0 fully saturated rings. The fourth-order valence-corrected chi connectivity index (χ4v) is 1.26. The predicted molar refractivity (Wildman–Crippen MR) is 47.5 cm³/mol. The van der Waals surface area contributed by atoms with E-state index in [1.165, 1.54) is 0 Å². The zero-order valence-corrected chi connectivity index (χ0v) is 7.95. The number of H-pyrrole nitrogens is 1. The molecule has 0 saturated heterocycles. The number of ether oxygens (including phenoxy) is 1. The maximum Gasteiger partial charge on any atom is 0.511 e. The normalized spacial score (nSPS) is 11.7. The third-order valence-corrected chi connectivity index (χ3v) is 1.91. The van der Waals surface area contributed by atoms with Gasteiger partial charge in [0.05, 0.1) is 5.56 Å². The molecule has 0 aliphatic heterocycles. The van der Waals surface area contributed by atoms with E-state index in [-0.39, 0.29) is 11.0 Å². The number of nitrogens with one attached hydrogen (secondary N) is 1. The Labute approximate surface area is 91.0 Å². The Morgan fingerprint density at radius 3 is 2.65 bits per heavy atom. The number of hydrogen-bond acceptors (Lipinski definition) is 4. The number of carbonyl (C=O) groups is 1. The molecule has 90 valence electrons. The van der Waals surface area contributed by atoms with Crippen LogP contribution in [0.3, 0.4) is 0 Å². The largest absolute Gasteiger partial charge is 0.511 e. The highest BCUT2D eigenvalue weighted by molar-refractivity contribution is 5.83. The van der Waals surface area contributed by atoms with Crippen LogP contribution in [0.15, 0.2) is 12.1 Å². The first-order valence-electron chi connectivity index (χ1n) is 4.20. The molecule has 0 bridgehead atoms. The van der Waals surface area contributed by atoms with Crippen LogP contribution in [-0.4, -0.2) is 26.7 Å². The van der Waals surface area contributed by atoms with Gasteiger partial charge in [-0.05, 0) is 12.1 Å². The number of alkyl halides is 3. The van der Waals surface area contributed by atoms with Crippen LogP contribution in [0.1, 0.15) is 5.56 Å². The third-order valence-electron chi connectivity index (χ3n) is 1.91. The molecule has 0 atom stereocenters. The number of fused-ring (bicyclic) bond motifs is 1. The number of nitrogens with zero attached hydrogens (tertiary/aromatic N) is 2. The highest BCUT2D eigenvalue weighted by atomic mass is 19.4. The number of halogens is 3. The summed E-state index contributed by atoms with van der Waals surface area (Å²) in [7, 11) is 0. The molecule has 0 aliphatic rings. The van der Waals surface area contributed by atoms with Crippen LogP contribution >= 0.6 is 0 Å². The number of benzene rings is 1. The first kappa shape index (κ1) is 11.2. The molecule has 2 N–H and O–H groups in total. The molecule has 0 radical (unpaired) electrons. The summed E-state index contributed by atoms with van der Waals surface area (Å²) in [6.45, 7) is 0. The smallest absolute Gasteiger partial charge is 0.449 e. The first-order valence-corrected chi connectivity index (χ1v) is 4.20. The van der Waals surface area contributed by atoms with E-state index < -0.39 is 23.6 Å². The Morgan fingerprint density at radius 1 is 1.35 bits per heavy atom. The van der Waals surface area contributed by atoms with E-state index in [1.807, 2.05) is 0 Å². The highest BCUT2D eigenvalue weighted by Crippen LogP contribution is 2.34. The lowest BCUT2D eigenvalue weighted by atomic mass is 10.2. The van der Waals surface area contributed by atoms with Crippen LogP contribution in [0.2, 0.25) is 0 Å². The molecule has 2 rings (SSSR count). The summed E-state index contributed by atoms with van der Waals surface area (Å²) in [6, 6.07) is 1.30. The van der Waals surface area contributed by atoms with Gasteiger partial charge in [0.2, 0.25) is 0 Å². The minimum absolute atomic E-state index is 0.0830. The molecule has 0 unspecified atom stereocenters. The molecular weight excluding hydrogens is 243 g/mol. The summed E-state index contributed by atoms with van der Waals surface area (Å²) >= 11 is 0. The molecule has 1 aromatic carbocycles. The number of rotatable bonds is 1. The zero-order valence-electron chi connectivity index (χ0n) is 7.95. The van der Waals surface area contributed by atoms with Crippen LogP contribution < -0.4 is 4.74 Å². The van der Waals surface area contributed by atoms with Gasteiger partial charge in [-0.15, -0.1) is 0 Å².